The van der Waals surface area contributed by atoms with E-state index in [1.807, 2.05) is 61.3 Å². The summed E-state index contributed by atoms with van der Waals surface area (Å²) in [7, 11) is 0. The van der Waals surface area contributed by atoms with Crippen molar-refractivity contribution in [1.29, 1.82) is 0 Å². The van der Waals surface area contributed by atoms with Gasteiger partial charge in [0.15, 0.2) is 0 Å². The molecule has 0 bridgehead atoms. The zero-order valence-corrected chi connectivity index (χ0v) is 17.8. The molecule has 0 aliphatic rings. The first-order valence-electron chi connectivity index (χ1n) is 9.84. The van der Waals surface area contributed by atoms with Crippen LogP contribution in [0.5, 0.6) is 0 Å². The van der Waals surface area contributed by atoms with E-state index in [0.717, 1.165) is 29.8 Å². The molecule has 0 heterocycles. The quantitative estimate of drug-likeness (QED) is 0.259. The second kappa shape index (κ2) is 10.9. The van der Waals surface area contributed by atoms with Crippen LogP contribution in [0.15, 0.2) is 83.1 Å². The fourth-order valence-corrected chi connectivity index (χ4v) is 2.99. The predicted molar refractivity (Wildman–Crippen MR) is 125 cm³/mol. The van der Waals surface area contributed by atoms with Gasteiger partial charge in [0.2, 0.25) is 0 Å². The van der Waals surface area contributed by atoms with Crippen molar-refractivity contribution >= 4 is 17.3 Å². The highest BCUT2D eigenvalue weighted by Gasteiger charge is 2.02. The van der Waals surface area contributed by atoms with E-state index >= 15 is 0 Å². The van der Waals surface area contributed by atoms with Gasteiger partial charge in [0.25, 0.3) is 0 Å². The topological polar surface area (TPSA) is 28.0 Å². The number of benzene rings is 3. The Bertz CT molecular complexity index is 1140. The maximum Gasteiger partial charge on any atom is 0.103 e. The van der Waals surface area contributed by atoms with Gasteiger partial charge in [0.05, 0.1) is 5.56 Å². The molecule has 0 aromatic heterocycles. The third kappa shape index (κ3) is 5.74. The van der Waals surface area contributed by atoms with E-state index in [1.165, 1.54) is 0 Å². The predicted octanol–water partition coefficient (Wildman–Crippen LogP) is 6.75. The van der Waals surface area contributed by atoms with Crippen LogP contribution in [-0.2, 0) is 0 Å². The Kier molecular flexibility index (Phi) is 7.67. The van der Waals surface area contributed by atoms with Crippen molar-refractivity contribution in [3.05, 3.63) is 88.9 Å². The molecule has 0 amide bonds. The summed E-state index contributed by atoms with van der Waals surface area (Å²) in [6, 6.07) is 23.6. The zero-order chi connectivity index (χ0) is 21.2. The Morgan fingerprint density at radius 1 is 0.800 bits per heavy atom. The molecular formula is C26H22ClN3. The van der Waals surface area contributed by atoms with Gasteiger partial charge in [-0.1, -0.05) is 77.2 Å². The van der Waals surface area contributed by atoms with Gasteiger partial charge in [-0.2, -0.15) is 0 Å². The molecule has 0 unspecified atom stereocenters. The lowest BCUT2D eigenvalue weighted by molar-refractivity contribution is 0.300. The first kappa shape index (κ1) is 21.2. The Morgan fingerprint density at radius 2 is 1.47 bits per heavy atom. The standard InChI is InChI=1S/C26H22ClN3/c1-3-30(4-2)29-28-26-19-18-24(27)20-23(26)16-9-8-14-22-15-10-11-17-25(22)21-12-6-5-7-13-21/h5-7,10-13,15,17-20H,3-4H2,1-2H3. The molecule has 0 N–H and O–H groups in total. The molecule has 3 aromatic carbocycles. The second-order valence-corrected chi connectivity index (χ2v) is 6.84. The summed E-state index contributed by atoms with van der Waals surface area (Å²) in [6.45, 7) is 5.66. The van der Waals surface area contributed by atoms with Crippen LogP contribution in [-0.4, -0.2) is 18.1 Å². The SMILES string of the molecule is CCN(CC)N=Nc1ccc(Cl)cc1C#CC#Cc1ccccc1-c1ccccc1. The van der Waals surface area contributed by atoms with Crippen LogP contribution in [0.4, 0.5) is 5.69 Å². The molecule has 0 spiro atoms. The van der Waals surface area contributed by atoms with E-state index < -0.39 is 0 Å². The number of rotatable bonds is 5. The molecule has 0 fully saturated rings. The Hall–Kier alpha value is -3.53. The average molecular weight is 412 g/mol. The van der Waals surface area contributed by atoms with Crippen molar-refractivity contribution in [3.8, 4) is 34.8 Å². The van der Waals surface area contributed by atoms with E-state index in [1.54, 1.807) is 12.1 Å². The average Bonchev–Trinajstić information content (AvgIpc) is 2.79. The monoisotopic (exact) mass is 411 g/mol. The van der Waals surface area contributed by atoms with Crippen molar-refractivity contribution in [2.75, 3.05) is 13.1 Å². The highest BCUT2D eigenvalue weighted by atomic mass is 35.5. The van der Waals surface area contributed by atoms with Gasteiger partial charge in [-0.3, -0.25) is 5.01 Å². The number of hydrogen-bond donors (Lipinski definition) is 0. The Morgan fingerprint density at radius 3 is 2.20 bits per heavy atom. The van der Waals surface area contributed by atoms with E-state index in [-0.39, 0.29) is 0 Å². The first-order chi connectivity index (χ1) is 14.7. The molecule has 4 heteroatoms. The van der Waals surface area contributed by atoms with Crippen LogP contribution in [0.2, 0.25) is 5.02 Å². The van der Waals surface area contributed by atoms with Crippen molar-refractivity contribution in [3.63, 3.8) is 0 Å². The van der Waals surface area contributed by atoms with Crippen molar-refractivity contribution in [2.45, 2.75) is 13.8 Å². The van der Waals surface area contributed by atoms with Gasteiger partial charge >= 0.3 is 0 Å². The fourth-order valence-electron chi connectivity index (χ4n) is 2.82. The van der Waals surface area contributed by atoms with Gasteiger partial charge in [-0.25, -0.2) is 0 Å². The van der Waals surface area contributed by atoms with Crippen LogP contribution in [0.25, 0.3) is 11.1 Å². The van der Waals surface area contributed by atoms with Crippen LogP contribution >= 0.6 is 11.6 Å². The smallest absolute Gasteiger partial charge is 0.103 e. The summed E-state index contributed by atoms with van der Waals surface area (Å²) in [5.41, 5.74) is 4.52. The zero-order valence-electron chi connectivity index (χ0n) is 17.1. The Balaban J connectivity index is 1.88. The largest absolute Gasteiger partial charge is 0.279 e. The molecule has 0 radical (unpaired) electrons. The van der Waals surface area contributed by atoms with Crippen molar-refractivity contribution in [2.24, 2.45) is 10.3 Å². The molecule has 0 atom stereocenters. The van der Waals surface area contributed by atoms with Crippen molar-refractivity contribution in [1.82, 2.24) is 5.01 Å². The summed E-state index contributed by atoms with van der Waals surface area (Å²) in [4.78, 5) is 0. The molecule has 3 rings (SSSR count). The minimum absolute atomic E-state index is 0.600. The minimum Gasteiger partial charge on any atom is -0.279 e. The van der Waals surface area contributed by atoms with E-state index in [0.29, 0.717) is 16.3 Å². The molecule has 0 saturated heterocycles. The number of halogens is 1. The van der Waals surface area contributed by atoms with Gasteiger partial charge in [0, 0.05) is 23.7 Å². The van der Waals surface area contributed by atoms with Crippen LogP contribution in [0.1, 0.15) is 25.0 Å². The summed E-state index contributed by atoms with van der Waals surface area (Å²) in [5.74, 6) is 12.1. The molecule has 3 aromatic rings. The lowest BCUT2D eigenvalue weighted by Gasteiger charge is -2.11. The van der Waals surface area contributed by atoms with Crippen molar-refractivity contribution < 1.29 is 0 Å². The van der Waals surface area contributed by atoms with Gasteiger partial charge in [-0.15, -0.1) is 5.11 Å². The van der Waals surface area contributed by atoms with Crippen LogP contribution in [0.3, 0.4) is 0 Å². The summed E-state index contributed by atoms with van der Waals surface area (Å²) in [5, 5.41) is 11.0. The van der Waals surface area contributed by atoms with Gasteiger partial charge in [0.1, 0.15) is 5.69 Å². The lowest BCUT2D eigenvalue weighted by atomic mass is 10.0. The highest BCUT2D eigenvalue weighted by molar-refractivity contribution is 6.30. The first-order valence-corrected chi connectivity index (χ1v) is 10.2. The maximum atomic E-state index is 6.14. The Labute approximate surface area is 183 Å². The second-order valence-electron chi connectivity index (χ2n) is 6.40. The third-order valence-electron chi connectivity index (χ3n) is 4.44. The molecule has 30 heavy (non-hydrogen) atoms. The fraction of sp³-hybridized carbons (Fsp3) is 0.154. The summed E-state index contributed by atoms with van der Waals surface area (Å²) >= 11 is 6.14. The summed E-state index contributed by atoms with van der Waals surface area (Å²) in [6.07, 6.45) is 0. The molecule has 3 nitrogen and oxygen atoms in total. The van der Waals surface area contributed by atoms with E-state index in [4.69, 9.17) is 11.6 Å². The van der Waals surface area contributed by atoms with E-state index in [9.17, 15) is 0 Å². The molecule has 148 valence electrons. The van der Waals surface area contributed by atoms with Crippen LogP contribution in [0, 0.1) is 23.7 Å². The number of hydrogen-bond acceptors (Lipinski definition) is 2. The molecular weight excluding hydrogens is 390 g/mol. The lowest BCUT2D eigenvalue weighted by Crippen LogP contribution is -2.14. The summed E-state index contributed by atoms with van der Waals surface area (Å²) < 4.78 is 0. The maximum absolute atomic E-state index is 6.14. The number of nitrogens with zero attached hydrogens (tertiary/aromatic N) is 3. The van der Waals surface area contributed by atoms with Gasteiger partial charge in [-0.05, 0) is 61.1 Å². The van der Waals surface area contributed by atoms with E-state index in [2.05, 4.69) is 52.2 Å². The normalized spacial score (nSPS) is 10.1. The molecule has 0 aliphatic heterocycles. The minimum atomic E-state index is 0.600. The molecule has 0 saturated carbocycles. The highest BCUT2D eigenvalue weighted by Crippen LogP contribution is 2.24. The van der Waals surface area contributed by atoms with Gasteiger partial charge < -0.3 is 0 Å². The third-order valence-corrected chi connectivity index (χ3v) is 4.67. The van der Waals surface area contributed by atoms with Crippen LogP contribution < -0.4 is 0 Å². The molecule has 0 aliphatic carbocycles.